The second-order valence-corrected chi connectivity index (χ2v) is 5.02. The van der Waals surface area contributed by atoms with Gasteiger partial charge in [0.25, 0.3) is 0 Å². The van der Waals surface area contributed by atoms with Crippen molar-refractivity contribution >= 4 is 30.8 Å². The third-order valence-corrected chi connectivity index (χ3v) is 3.65. The van der Waals surface area contributed by atoms with Gasteiger partial charge in [-0.2, -0.15) is 0 Å². The zero-order valence-corrected chi connectivity index (χ0v) is 11.9. The van der Waals surface area contributed by atoms with Crippen LogP contribution in [0.25, 0.3) is 0 Å². The largest absolute Gasteiger partial charge is 0.406 e. The van der Waals surface area contributed by atoms with Crippen LogP contribution in [0.3, 0.4) is 0 Å². The molecule has 0 fully saturated rings. The molecule has 6 nitrogen and oxygen atoms in total. The lowest BCUT2D eigenvalue weighted by Gasteiger charge is -2.18. The minimum absolute atomic E-state index is 0.874. The average molecular weight is 277 g/mol. The number of anilines is 4. The van der Waals surface area contributed by atoms with Crippen LogP contribution in [-0.2, 0) is 14.1 Å². The van der Waals surface area contributed by atoms with E-state index in [0.717, 1.165) is 23.3 Å². The summed E-state index contributed by atoms with van der Waals surface area (Å²) in [6.07, 6.45) is 7.48. The van der Waals surface area contributed by atoms with Gasteiger partial charge in [0.15, 0.2) is 11.9 Å². The number of aryl methyl sites for hydroxylation is 2. The molecule has 3 heterocycles. The Labute approximate surface area is 123 Å². The average Bonchev–Trinajstić information content (AvgIpc) is 3.17. The Bertz CT molecular complexity index is 727. The predicted molar refractivity (Wildman–Crippen MR) is 82.9 cm³/mol. The van der Waals surface area contributed by atoms with Crippen LogP contribution in [0.5, 0.6) is 0 Å². The summed E-state index contributed by atoms with van der Waals surface area (Å²) >= 11 is 0. The summed E-state index contributed by atoms with van der Waals surface area (Å²) in [5, 5.41) is 0. The molecule has 0 atom stereocenters. The van der Waals surface area contributed by atoms with E-state index in [0.29, 0.717) is 0 Å². The Balaban J connectivity index is 1.84. The second kappa shape index (κ2) is 4.41. The second-order valence-electron chi connectivity index (χ2n) is 5.02. The quantitative estimate of drug-likeness (QED) is 0.672. The molecule has 0 saturated carbocycles. The number of fused-ring (bicyclic) bond motifs is 1. The van der Waals surface area contributed by atoms with Crippen LogP contribution in [0.1, 0.15) is 0 Å². The van der Waals surface area contributed by atoms with E-state index in [1.807, 2.05) is 55.3 Å². The van der Waals surface area contributed by atoms with Gasteiger partial charge in [0.1, 0.15) is 0 Å². The molecule has 7 heteroatoms. The van der Waals surface area contributed by atoms with E-state index in [4.69, 9.17) is 0 Å². The summed E-state index contributed by atoms with van der Waals surface area (Å²) in [5.74, 6) is 1.75. The van der Waals surface area contributed by atoms with Gasteiger partial charge in [-0.05, 0) is 12.1 Å². The summed E-state index contributed by atoms with van der Waals surface area (Å²) in [7, 11) is 6.00. The maximum Gasteiger partial charge on any atom is 0.406 e. The summed E-state index contributed by atoms with van der Waals surface area (Å²) in [5.41, 5.74) is 2.18. The smallest absolute Gasteiger partial charge is 0.336 e. The topological polar surface area (TPSA) is 42.1 Å². The van der Waals surface area contributed by atoms with Crippen molar-refractivity contribution in [3.05, 3.63) is 49.1 Å². The van der Waals surface area contributed by atoms with Crippen molar-refractivity contribution in [1.29, 1.82) is 0 Å². The van der Waals surface area contributed by atoms with E-state index in [1.165, 1.54) is 0 Å². The van der Waals surface area contributed by atoms with Crippen LogP contribution in [0.4, 0.5) is 23.3 Å². The highest BCUT2D eigenvalue weighted by Crippen LogP contribution is 2.41. The van der Waals surface area contributed by atoms with E-state index < -0.39 is 0 Å². The first-order valence-electron chi connectivity index (χ1n) is 6.73. The molecule has 0 bridgehead atoms. The van der Waals surface area contributed by atoms with Crippen molar-refractivity contribution in [3.8, 4) is 0 Å². The van der Waals surface area contributed by atoms with Crippen molar-refractivity contribution in [1.82, 2.24) is 19.1 Å². The molecule has 1 radical (unpaired) electrons. The first kappa shape index (κ1) is 12.1. The van der Waals surface area contributed by atoms with Gasteiger partial charge < -0.3 is 18.8 Å². The fraction of sp³-hybridized carbons (Fsp3) is 0.143. The van der Waals surface area contributed by atoms with Crippen LogP contribution in [0.2, 0.25) is 0 Å². The van der Waals surface area contributed by atoms with Crippen molar-refractivity contribution in [2.45, 2.75) is 0 Å². The van der Waals surface area contributed by atoms with Gasteiger partial charge in [-0.3, -0.25) is 0 Å². The molecule has 103 valence electrons. The highest BCUT2D eigenvalue weighted by Gasteiger charge is 2.33. The maximum absolute atomic E-state index is 4.44. The standard InChI is InChI=1S/C14H14BN6/c1-18-9-7-16-13(18)20-11-5-3-4-6-12(11)21(15-20)14-17-8-10-19(14)2/h3-10H,1-2H3. The van der Waals surface area contributed by atoms with Crippen molar-refractivity contribution < 1.29 is 0 Å². The lowest BCUT2D eigenvalue weighted by molar-refractivity contribution is 0.904. The lowest BCUT2D eigenvalue weighted by atomic mass is 10.1. The van der Waals surface area contributed by atoms with Crippen molar-refractivity contribution in [2.24, 2.45) is 14.1 Å². The number of imidazole rings is 2. The number of nitrogens with zero attached hydrogens (tertiary/aromatic N) is 6. The normalized spacial score (nSPS) is 13.4. The summed E-state index contributed by atoms with van der Waals surface area (Å²) < 4.78 is 3.99. The van der Waals surface area contributed by atoms with E-state index in [1.54, 1.807) is 12.4 Å². The van der Waals surface area contributed by atoms with Crippen LogP contribution in [0, 0.1) is 0 Å². The molecule has 0 saturated heterocycles. The van der Waals surface area contributed by atoms with E-state index in [9.17, 15) is 0 Å². The molecule has 21 heavy (non-hydrogen) atoms. The van der Waals surface area contributed by atoms with E-state index >= 15 is 0 Å². The third-order valence-electron chi connectivity index (χ3n) is 3.65. The molecular weight excluding hydrogens is 263 g/mol. The Morgan fingerprint density at radius 3 is 1.67 bits per heavy atom. The molecular formula is C14H14BN6. The fourth-order valence-corrected chi connectivity index (χ4v) is 2.61. The molecule has 0 spiro atoms. The van der Waals surface area contributed by atoms with Gasteiger partial charge in [-0.25, -0.2) is 9.97 Å². The third kappa shape index (κ3) is 1.74. The number of rotatable bonds is 2. The molecule has 0 N–H and O–H groups in total. The number of aromatic nitrogens is 4. The Morgan fingerprint density at radius 2 is 1.29 bits per heavy atom. The zero-order chi connectivity index (χ0) is 14.4. The van der Waals surface area contributed by atoms with Crippen LogP contribution in [0.15, 0.2) is 49.1 Å². The number of benzene rings is 1. The van der Waals surface area contributed by atoms with Gasteiger partial charge in [0.2, 0.25) is 0 Å². The number of hydrogen-bond acceptors (Lipinski definition) is 4. The minimum Gasteiger partial charge on any atom is -0.336 e. The van der Waals surface area contributed by atoms with Crippen LogP contribution in [-0.4, -0.2) is 26.7 Å². The monoisotopic (exact) mass is 277 g/mol. The van der Waals surface area contributed by atoms with E-state index in [-0.39, 0.29) is 0 Å². The Kier molecular flexibility index (Phi) is 2.54. The van der Waals surface area contributed by atoms with Gasteiger partial charge in [0, 0.05) is 38.9 Å². The molecule has 0 unspecified atom stereocenters. The Morgan fingerprint density at radius 1 is 0.810 bits per heavy atom. The van der Waals surface area contributed by atoms with Gasteiger partial charge in [-0.15, -0.1) is 0 Å². The minimum atomic E-state index is 0.874. The predicted octanol–water partition coefficient (Wildman–Crippen LogP) is 1.98. The molecule has 2 aromatic heterocycles. The van der Waals surface area contributed by atoms with Gasteiger partial charge >= 0.3 is 7.55 Å². The molecule has 0 amide bonds. The fourth-order valence-electron chi connectivity index (χ4n) is 2.61. The first-order valence-corrected chi connectivity index (χ1v) is 6.73. The molecule has 4 rings (SSSR count). The van der Waals surface area contributed by atoms with Crippen molar-refractivity contribution in [2.75, 3.05) is 9.62 Å². The van der Waals surface area contributed by atoms with Crippen molar-refractivity contribution in [3.63, 3.8) is 0 Å². The molecule has 1 aliphatic rings. The van der Waals surface area contributed by atoms with Gasteiger partial charge in [-0.1, -0.05) is 12.1 Å². The molecule has 1 aromatic carbocycles. The summed E-state index contributed by atoms with van der Waals surface area (Å²) in [6, 6.07) is 8.24. The summed E-state index contributed by atoms with van der Waals surface area (Å²) in [4.78, 5) is 13.0. The SMILES string of the molecule is Cn1ccnc1N1[B]N(c2nccn2C)c2ccccc21. The lowest BCUT2D eigenvalue weighted by Crippen LogP contribution is -2.31. The highest BCUT2D eigenvalue weighted by molar-refractivity contribution is 6.54. The van der Waals surface area contributed by atoms with Gasteiger partial charge in [0.05, 0.1) is 11.4 Å². The first-order chi connectivity index (χ1) is 10.3. The van der Waals surface area contributed by atoms with Crippen LogP contribution < -0.4 is 9.62 Å². The maximum atomic E-state index is 4.44. The number of hydrogen-bond donors (Lipinski definition) is 0. The molecule has 1 aliphatic heterocycles. The van der Waals surface area contributed by atoms with Crippen LogP contribution >= 0.6 is 0 Å². The van der Waals surface area contributed by atoms with E-state index in [2.05, 4.69) is 31.7 Å². The summed E-state index contributed by atoms with van der Waals surface area (Å²) in [6.45, 7) is 0. The highest BCUT2D eigenvalue weighted by atomic mass is 15.4. The zero-order valence-electron chi connectivity index (χ0n) is 11.9. The molecule has 3 aromatic rings. The molecule has 0 aliphatic carbocycles. The number of para-hydroxylation sites is 2. The Hall–Kier alpha value is -2.70.